The Balaban J connectivity index is 1.50. The van der Waals surface area contributed by atoms with Gasteiger partial charge in [0, 0.05) is 42.5 Å². The number of anilines is 1. The van der Waals surface area contributed by atoms with E-state index in [0.717, 1.165) is 18.9 Å². The first-order valence-electron chi connectivity index (χ1n) is 18.9. The number of phenolic OH excluding ortho intramolecular Hbond substituents is 1. The number of rotatable bonds is 10. The molecule has 14 heteroatoms. The highest BCUT2D eigenvalue weighted by Gasteiger charge is 2.71. The van der Waals surface area contributed by atoms with E-state index in [4.69, 9.17) is 9.47 Å². The molecule has 3 N–H and O–H groups in total. The lowest BCUT2D eigenvalue weighted by molar-refractivity contribution is 0.0126. The van der Waals surface area contributed by atoms with Crippen LogP contribution >= 0.6 is 0 Å². The number of piperazine rings is 1. The van der Waals surface area contributed by atoms with E-state index in [1.807, 2.05) is 4.90 Å². The van der Waals surface area contributed by atoms with Crippen molar-refractivity contribution in [2.24, 2.45) is 5.41 Å². The van der Waals surface area contributed by atoms with Gasteiger partial charge in [0.15, 0.2) is 17.4 Å². The van der Waals surface area contributed by atoms with E-state index < -0.39 is 79.3 Å². The number of fused-ring (bicyclic) bond motifs is 4. The Morgan fingerprint density at radius 2 is 1.60 bits per heavy atom. The number of hydrogen-bond acceptors (Lipinski definition) is 8. The van der Waals surface area contributed by atoms with Gasteiger partial charge in [-0.1, -0.05) is 53.5 Å². The molecule has 55 heavy (non-hydrogen) atoms. The number of aliphatic hydroxyl groups is 1. The Bertz CT molecular complexity index is 2210. The molecule has 1 aliphatic carbocycles. The number of hydrogen-bond donors (Lipinski definition) is 3. The lowest BCUT2D eigenvalue weighted by Crippen LogP contribution is -2.51. The highest BCUT2D eigenvalue weighted by atomic mass is 28.3. The van der Waals surface area contributed by atoms with Crippen LogP contribution in [0.25, 0.3) is 32.8 Å². The molecule has 2 saturated heterocycles. The van der Waals surface area contributed by atoms with Gasteiger partial charge in [0.2, 0.25) is 0 Å². The minimum atomic E-state index is -3.17. The topological polar surface area (TPSA) is 100.0 Å². The molecule has 2 bridgehead atoms. The standard InChI is InChI=1S/C41H47F5N4O4Si/c1-21(2)55(22(3)4,23(5)6)13-12-28-30(42)11-8-24-14-27(52)15-29(31(24)28)32-34(43)36-33(37(53-7)35(32)44)38(50-16-25-9-10-26(17-50)47-25)49-39(48-36)54-20-40(19-51)18-41(40,45)46/h8,11,14-15,21-23,25-26,47,51-52H,9-10,16-20H2,1-7H3. The first-order valence-corrected chi connectivity index (χ1v) is 21.1. The molecule has 8 nitrogen and oxygen atoms in total. The summed E-state index contributed by atoms with van der Waals surface area (Å²) >= 11 is 0. The number of halogens is 5. The fraction of sp³-hybridized carbons (Fsp3) is 0.512. The third-order valence-electron chi connectivity index (χ3n) is 12.2. The smallest absolute Gasteiger partial charge is 0.319 e. The molecule has 0 amide bonds. The summed E-state index contributed by atoms with van der Waals surface area (Å²) in [5, 5.41) is 24.5. The fourth-order valence-corrected chi connectivity index (χ4v) is 14.4. The summed E-state index contributed by atoms with van der Waals surface area (Å²) in [4.78, 5) is 10.7. The van der Waals surface area contributed by atoms with Crippen molar-refractivity contribution in [3.05, 3.63) is 47.3 Å². The number of aromatic hydroxyl groups is 1. The van der Waals surface area contributed by atoms with Crippen LogP contribution in [0, 0.1) is 34.3 Å². The van der Waals surface area contributed by atoms with Gasteiger partial charge in [-0.3, -0.25) is 0 Å². The Morgan fingerprint density at radius 3 is 2.16 bits per heavy atom. The molecule has 1 saturated carbocycles. The summed E-state index contributed by atoms with van der Waals surface area (Å²) in [6.45, 7) is 12.1. The fourth-order valence-electron chi connectivity index (χ4n) is 9.23. The van der Waals surface area contributed by atoms with Gasteiger partial charge >= 0.3 is 6.01 Å². The molecule has 3 aliphatic rings. The largest absolute Gasteiger partial charge is 0.508 e. The molecular formula is C41H47F5N4O4Si. The van der Waals surface area contributed by atoms with Gasteiger partial charge in [0.1, 0.15) is 37.6 Å². The Kier molecular flexibility index (Phi) is 10.00. The second kappa shape index (κ2) is 14.1. The van der Waals surface area contributed by atoms with Gasteiger partial charge in [-0.05, 0) is 53.1 Å². The second-order valence-electron chi connectivity index (χ2n) is 16.4. The monoisotopic (exact) mass is 782 g/mol. The first kappa shape index (κ1) is 39.1. The van der Waals surface area contributed by atoms with Crippen LogP contribution in [-0.4, -0.2) is 79.7 Å². The predicted molar refractivity (Wildman–Crippen MR) is 205 cm³/mol. The number of nitrogens with one attached hydrogen (secondary N) is 1. The minimum Gasteiger partial charge on any atom is -0.508 e. The zero-order valence-electron chi connectivity index (χ0n) is 32.1. The first-order chi connectivity index (χ1) is 26.0. The van der Waals surface area contributed by atoms with E-state index >= 15 is 13.2 Å². The summed E-state index contributed by atoms with van der Waals surface area (Å²) in [7, 11) is -1.19. The van der Waals surface area contributed by atoms with Gasteiger partial charge < -0.3 is 29.9 Å². The maximum absolute atomic E-state index is 17.4. The van der Waals surface area contributed by atoms with Crippen LogP contribution in [0.15, 0.2) is 24.3 Å². The van der Waals surface area contributed by atoms with E-state index in [0.29, 0.717) is 18.5 Å². The Morgan fingerprint density at radius 1 is 0.964 bits per heavy atom. The summed E-state index contributed by atoms with van der Waals surface area (Å²) in [6, 6.07) is 4.88. The summed E-state index contributed by atoms with van der Waals surface area (Å²) in [6.07, 6.45) is 1.16. The molecule has 1 aromatic heterocycles. The molecule has 4 aromatic rings. The van der Waals surface area contributed by atoms with E-state index in [1.54, 1.807) is 0 Å². The lowest BCUT2D eigenvalue weighted by atomic mass is 9.92. The van der Waals surface area contributed by atoms with Crippen LogP contribution in [0.1, 0.15) is 66.4 Å². The van der Waals surface area contributed by atoms with Crippen LogP contribution in [0.5, 0.6) is 17.5 Å². The summed E-state index contributed by atoms with van der Waals surface area (Å²) < 4.78 is 90.7. The molecule has 3 aromatic carbocycles. The number of ether oxygens (including phenoxy) is 2. The van der Waals surface area contributed by atoms with Gasteiger partial charge in [-0.15, -0.1) is 5.54 Å². The van der Waals surface area contributed by atoms with Crippen LogP contribution in [0.4, 0.5) is 27.8 Å². The molecule has 3 fully saturated rings. The van der Waals surface area contributed by atoms with Crippen molar-refractivity contribution in [2.75, 3.05) is 38.3 Å². The van der Waals surface area contributed by atoms with Crippen molar-refractivity contribution in [3.8, 4) is 40.1 Å². The zero-order chi connectivity index (χ0) is 39.8. The van der Waals surface area contributed by atoms with Crippen molar-refractivity contribution in [2.45, 2.75) is 95.4 Å². The van der Waals surface area contributed by atoms with E-state index in [1.165, 1.54) is 25.3 Å². The molecule has 0 radical (unpaired) electrons. The molecular weight excluding hydrogens is 736 g/mol. The molecule has 3 unspecified atom stereocenters. The predicted octanol–water partition coefficient (Wildman–Crippen LogP) is 8.49. The molecule has 3 atom stereocenters. The van der Waals surface area contributed by atoms with Crippen molar-refractivity contribution in [1.29, 1.82) is 0 Å². The van der Waals surface area contributed by atoms with Gasteiger partial charge in [0.05, 0.1) is 35.6 Å². The third kappa shape index (κ3) is 6.36. The summed E-state index contributed by atoms with van der Waals surface area (Å²) in [5.41, 5.74) is 1.01. The number of nitrogens with zero attached hydrogens (tertiary/aromatic N) is 3. The van der Waals surface area contributed by atoms with Crippen molar-refractivity contribution in [3.63, 3.8) is 0 Å². The van der Waals surface area contributed by atoms with E-state index in [-0.39, 0.29) is 62.2 Å². The van der Waals surface area contributed by atoms with Gasteiger partial charge in [0.25, 0.3) is 5.92 Å². The van der Waals surface area contributed by atoms with Crippen LogP contribution in [0.2, 0.25) is 16.6 Å². The minimum absolute atomic E-state index is 0.0625. The molecule has 294 valence electrons. The summed E-state index contributed by atoms with van der Waals surface area (Å²) in [5.74, 6) is -3.67. The van der Waals surface area contributed by atoms with Crippen molar-refractivity contribution in [1.82, 2.24) is 15.3 Å². The SMILES string of the molecule is COc1c(F)c(-c2cc(O)cc3ccc(F)c(C#C[Si](C(C)C)(C(C)C)C(C)C)c23)c(F)c2nc(OCC3(CO)CC3(F)F)nc(N3CC4CCC(C3)N4)c12. The Labute approximate surface area is 318 Å². The second-order valence-corrected chi connectivity index (χ2v) is 22.0. The van der Waals surface area contributed by atoms with Crippen molar-refractivity contribution >= 4 is 35.6 Å². The molecule has 7 rings (SSSR count). The van der Waals surface area contributed by atoms with Crippen LogP contribution in [-0.2, 0) is 0 Å². The van der Waals surface area contributed by atoms with Gasteiger partial charge in [-0.2, -0.15) is 9.97 Å². The quantitative estimate of drug-likeness (QED) is 0.0838. The van der Waals surface area contributed by atoms with Crippen LogP contribution < -0.4 is 19.7 Å². The molecule has 0 spiro atoms. The van der Waals surface area contributed by atoms with E-state index in [9.17, 15) is 19.0 Å². The normalized spacial score (nSPS) is 21.9. The maximum Gasteiger partial charge on any atom is 0.319 e. The highest BCUT2D eigenvalue weighted by molar-refractivity contribution is 6.90. The molecule has 2 aliphatic heterocycles. The Hall–Kier alpha value is -4.19. The molecule has 3 heterocycles. The number of aromatic nitrogens is 2. The average molecular weight is 783 g/mol. The maximum atomic E-state index is 17.4. The number of methoxy groups -OCH3 is 1. The number of alkyl halides is 2. The number of aliphatic hydroxyl groups excluding tert-OH is 1. The third-order valence-corrected chi connectivity index (χ3v) is 18.5. The zero-order valence-corrected chi connectivity index (χ0v) is 33.1. The van der Waals surface area contributed by atoms with Gasteiger partial charge in [-0.25, -0.2) is 22.0 Å². The van der Waals surface area contributed by atoms with Crippen LogP contribution in [0.3, 0.4) is 0 Å². The van der Waals surface area contributed by atoms with E-state index in [2.05, 4.69) is 68.3 Å². The number of phenols is 1. The highest BCUT2D eigenvalue weighted by Crippen LogP contribution is 2.60. The lowest BCUT2D eigenvalue weighted by Gasteiger charge is -2.38. The number of benzene rings is 3. The van der Waals surface area contributed by atoms with Crippen molar-refractivity contribution < 1.29 is 41.6 Å². The average Bonchev–Trinajstić information content (AvgIpc) is 3.53.